The third-order valence-corrected chi connectivity index (χ3v) is 3.19. The number of thioether (sulfide) groups is 1. The minimum atomic E-state index is -0.541. The summed E-state index contributed by atoms with van der Waals surface area (Å²) < 4.78 is 13.4. The van der Waals surface area contributed by atoms with E-state index in [2.05, 4.69) is 10.6 Å². The van der Waals surface area contributed by atoms with Crippen LogP contribution in [0.15, 0.2) is 18.2 Å². The predicted molar refractivity (Wildman–Crippen MR) is 72.3 cm³/mol. The highest BCUT2D eigenvalue weighted by Crippen LogP contribution is 2.20. The van der Waals surface area contributed by atoms with Gasteiger partial charge in [-0.3, -0.25) is 9.59 Å². The number of halogens is 1. The molecule has 6 heteroatoms. The van der Waals surface area contributed by atoms with Crippen LogP contribution in [-0.2, 0) is 9.59 Å². The van der Waals surface area contributed by atoms with Crippen molar-refractivity contribution in [3.05, 3.63) is 24.0 Å². The molecule has 4 nitrogen and oxygen atoms in total. The Hall–Kier alpha value is -1.56. The standard InChI is InChI=1S/C12H15FN2O2S/c1-7(18-3)12(17)15-9-4-5-10(13)11(6-9)14-8(2)16/h4-7H,1-3H3,(H,14,16)(H,15,17)/t7-/m1/s1. The van der Waals surface area contributed by atoms with Crippen molar-refractivity contribution in [2.24, 2.45) is 0 Å². The molecule has 0 aliphatic rings. The van der Waals surface area contributed by atoms with Crippen LogP contribution in [0, 0.1) is 5.82 Å². The molecule has 18 heavy (non-hydrogen) atoms. The summed E-state index contributed by atoms with van der Waals surface area (Å²) in [5.74, 6) is -1.07. The number of benzene rings is 1. The third kappa shape index (κ3) is 4.03. The molecule has 0 saturated heterocycles. The zero-order valence-corrected chi connectivity index (χ0v) is 11.2. The van der Waals surface area contributed by atoms with Gasteiger partial charge in [-0.05, 0) is 31.4 Å². The number of anilines is 2. The van der Waals surface area contributed by atoms with Gasteiger partial charge in [0.05, 0.1) is 10.9 Å². The van der Waals surface area contributed by atoms with Crippen LogP contribution in [0.3, 0.4) is 0 Å². The van der Waals surface area contributed by atoms with Crippen molar-refractivity contribution in [1.82, 2.24) is 0 Å². The second-order valence-corrected chi connectivity index (χ2v) is 4.92. The number of nitrogens with one attached hydrogen (secondary N) is 2. The molecule has 0 bridgehead atoms. The molecule has 0 aliphatic heterocycles. The van der Waals surface area contributed by atoms with Gasteiger partial charge in [-0.25, -0.2) is 4.39 Å². The summed E-state index contributed by atoms with van der Waals surface area (Å²) in [4.78, 5) is 22.5. The normalized spacial score (nSPS) is 11.8. The van der Waals surface area contributed by atoms with E-state index in [0.29, 0.717) is 5.69 Å². The SMILES string of the molecule is CS[C@H](C)C(=O)Nc1ccc(F)c(NC(C)=O)c1. The Balaban J connectivity index is 2.85. The number of carbonyl (C=O) groups is 2. The minimum Gasteiger partial charge on any atom is -0.325 e. The lowest BCUT2D eigenvalue weighted by Gasteiger charge is -2.11. The lowest BCUT2D eigenvalue weighted by atomic mass is 10.2. The van der Waals surface area contributed by atoms with Crippen LogP contribution in [0.5, 0.6) is 0 Å². The second-order valence-electron chi connectivity index (χ2n) is 3.74. The maximum Gasteiger partial charge on any atom is 0.237 e. The second kappa shape index (κ2) is 6.39. The van der Waals surface area contributed by atoms with E-state index in [0.717, 1.165) is 0 Å². The van der Waals surface area contributed by atoms with E-state index in [9.17, 15) is 14.0 Å². The molecule has 1 atom stereocenters. The van der Waals surface area contributed by atoms with E-state index in [1.165, 1.54) is 36.9 Å². The third-order valence-electron chi connectivity index (χ3n) is 2.27. The highest BCUT2D eigenvalue weighted by molar-refractivity contribution is 7.99. The predicted octanol–water partition coefficient (Wildman–Crippen LogP) is 2.47. The molecule has 0 saturated carbocycles. The Labute approximate surface area is 109 Å². The Kier molecular flexibility index (Phi) is 5.15. The molecule has 0 fully saturated rings. The van der Waals surface area contributed by atoms with E-state index >= 15 is 0 Å². The van der Waals surface area contributed by atoms with Gasteiger partial charge in [0.2, 0.25) is 11.8 Å². The number of amides is 2. The lowest BCUT2D eigenvalue weighted by Crippen LogP contribution is -2.22. The Morgan fingerprint density at radius 3 is 2.56 bits per heavy atom. The van der Waals surface area contributed by atoms with Crippen molar-refractivity contribution in [2.75, 3.05) is 16.9 Å². The summed E-state index contributed by atoms with van der Waals surface area (Å²) in [6.45, 7) is 3.07. The molecule has 1 aromatic rings. The fourth-order valence-corrected chi connectivity index (χ4v) is 1.51. The topological polar surface area (TPSA) is 58.2 Å². The van der Waals surface area contributed by atoms with Gasteiger partial charge < -0.3 is 10.6 Å². The average Bonchev–Trinajstić information content (AvgIpc) is 2.31. The van der Waals surface area contributed by atoms with Crippen LogP contribution in [0.2, 0.25) is 0 Å². The van der Waals surface area contributed by atoms with E-state index < -0.39 is 5.82 Å². The molecule has 98 valence electrons. The lowest BCUT2D eigenvalue weighted by molar-refractivity contribution is -0.115. The summed E-state index contributed by atoms with van der Waals surface area (Å²) in [5.41, 5.74) is 0.503. The van der Waals surface area contributed by atoms with Crippen LogP contribution in [0.4, 0.5) is 15.8 Å². The number of carbonyl (C=O) groups excluding carboxylic acids is 2. The minimum absolute atomic E-state index is 0.0529. The maximum absolute atomic E-state index is 13.4. The zero-order chi connectivity index (χ0) is 13.7. The van der Waals surface area contributed by atoms with Crippen LogP contribution >= 0.6 is 11.8 Å². The summed E-state index contributed by atoms with van der Waals surface area (Å²) in [6, 6.07) is 4.04. The number of hydrogen-bond donors (Lipinski definition) is 2. The largest absolute Gasteiger partial charge is 0.325 e. The number of hydrogen-bond acceptors (Lipinski definition) is 3. The summed E-state index contributed by atoms with van der Waals surface area (Å²) in [7, 11) is 0. The van der Waals surface area contributed by atoms with Crippen LogP contribution in [0.25, 0.3) is 0 Å². The van der Waals surface area contributed by atoms with Crippen molar-refractivity contribution in [1.29, 1.82) is 0 Å². The first kappa shape index (κ1) is 14.5. The Morgan fingerprint density at radius 2 is 2.00 bits per heavy atom. The van der Waals surface area contributed by atoms with Gasteiger partial charge in [-0.1, -0.05) is 0 Å². The molecule has 2 amide bonds. The molecule has 2 N–H and O–H groups in total. The van der Waals surface area contributed by atoms with Crippen molar-refractivity contribution in [2.45, 2.75) is 19.1 Å². The van der Waals surface area contributed by atoms with Gasteiger partial charge in [0, 0.05) is 12.6 Å². The van der Waals surface area contributed by atoms with E-state index in [-0.39, 0.29) is 22.8 Å². The van der Waals surface area contributed by atoms with Gasteiger partial charge in [-0.15, -0.1) is 0 Å². The maximum atomic E-state index is 13.4. The zero-order valence-electron chi connectivity index (χ0n) is 10.4. The Morgan fingerprint density at radius 1 is 1.33 bits per heavy atom. The van der Waals surface area contributed by atoms with Gasteiger partial charge in [-0.2, -0.15) is 11.8 Å². The first-order chi connectivity index (χ1) is 8.43. The van der Waals surface area contributed by atoms with E-state index in [1.54, 1.807) is 6.92 Å². The van der Waals surface area contributed by atoms with Crippen LogP contribution < -0.4 is 10.6 Å². The van der Waals surface area contributed by atoms with Crippen LogP contribution in [0.1, 0.15) is 13.8 Å². The summed E-state index contributed by atoms with van der Waals surface area (Å²) >= 11 is 1.41. The fourth-order valence-electron chi connectivity index (χ4n) is 1.24. The smallest absolute Gasteiger partial charge is 0.237 e. The molecule has 0 spiro atoms. The van der Waals surface area contributed by atoms with Crippen LogP contribution in [-0.4, -0.2) is 23.3 Å². The van der Waals surface area contributed by atoms with Crippen molar-refractivity contribution in [3.63, 3.8) is 0 Å². The average molecular weight is 270 g/mol. The van der Waals surface area contributed by atoms with Crippen molar-refractivity contribution >= 4 is 35.0 Å². The summed E-state index contributed by atoms with van der Waals surface area (Å²) in [6.07, 6.45) is 1.83. The molecule has 0 unspecified atom stereocenters. The van der Waals surface area contributed by atoms with Gasteiger partial charge in [0.15, 0.2) is 0 Å². The van der Waals surface area contributed by atoms with Crippen molar-refractivity contribution in [3.8, 4) is 0 Å². The van der Waals surface area contributed by atoms with Gasteiger partial charge >= 0.3 is 0 Å². The molecule has 1 aromatic carbocycles. The molecule has 1 rings (SSSR count). The molecule has 0 aliphatic carbocycles. The highest BCUT2D eigenvalue weighted by atomic mass is 32.2. The quantitative estimate of drug-likeness (QED) is 0.883. The van der Waals surface area contributed by atoms with Gasteiger partial charge in [0.1, 0.15) is 5.82 Å². The molecule has 0 heterocycles. The molecular formula is C12H15FN2O2S. The molecular weight excluding hydrogens is 255 g/mol. The van der Waals surface area contributed by atoms with Crippen molar-refractivity contribution < 1.29 is 14.0 Å². The van der Waals surface area contributed by atoms with E-state index in [4.69, 9.17) is 0 Å². The summed E-state index contributed by atoms with van der Waals surface area (Å²) in [5, 5.41) is 4.82. The fraction of sp³-hybridized carbons (Fsp3) is 0.333. The highest BCUT2D eigenvalue weighted by Gasteiger charge is 2.12. The molecule has 0 radical (unpaired) electrons. The van der Waals surface area contributed by atoms with E-state index in [1.807, 2.05) is 6.26 Å². The monoisotopic (exact) mass is 270 g/mol. The first-order valence-electron chi connectivity index (χ1n) is 5.35. The van der Waals surface area contributed by atoms with Gasteiger partial charge in [0.25, 0.3) is 0 Å². The number of rotatable bonds is 4. The molecule has 0 aromatic heterocycles. The Bertz CT molecular complexity index is 465. The first-order valence-corrected chi connectivity index (χ1v) is 6.63.